The van der Waals surface area contributed by atoms with Crippen molar-refractivity contribution in [2.45, 2.75) is 25.3 Å². The molecule has 3 rings (SSSR count). The molecule has 1 atom stereocenters. The summed E-state index contributed by atoms with van der Waals surface area (Å²) >= 11 is 1.28. The smallest absolute Gasteiger partial charge is 0.320 e. The second-order valence-corrected chi connectivity index (χ2v) is 7.01. The summed E-state index contributed by atoms with van der Waals surface area (Å²) in [5.41, 5.74) is 2.03. The first kappa shape index (κ1) is 18.2. The van der Waals surface area contributed by atoms with Gasteiger partial charge in [-0.1, -0.05) is 12.1 Å². The molecule has 0 radical (unpaired) electrons. The highest BCUT2D eigenvalue weighted by molar-refractivity contribution is 7.10. The number of nitrogens with one attached hydrogen (secondary N) is 2. The fourth-order valence-electron chi connectivity index (χ4n) is 3.01. The summed E-state index contributed by atoms with van der Waals surface area (Å²) in [5.74, 6) is 2.82. The molecule has 2 amide bonds. The van der Waals surface area contributed by atoms with E-state index in [2.05, 4.69) is 26.4 Å². The molecule has 0 saturated carbocycles. The van der Waals surface area contributed by atoms with Crippen LogP contribution < -0.4 is 15.5 Å². The van der Waals surface area contributed by atoms with Crippen molar-refractivity contribution in [3.8, 4) is 12.3 Å². The number of hydrogen-bond acceptors (Lipinski definition) is 5. The van der Waals surface area contributed by atoms with Gasteiger partial charge in [-0.15, -0.1) is 17.8 Å². The van der Waals surface area contributed by atoms with E-state index in [0.717, 1.165) is 18.7 Å². The minimum absolute atomic E-state index is 0.191. The van der Waals surface area contributed by atoms with Crippen molar-refractivity contribution in [2.75, 3.05) is 29.9 Å². The molecule has 1 aliphatic heterocycles. The van der Waals surface area contributed by atoms with E-state index in [4.69, 9.17) is 6.42 Å². The highest BCUT2D eigenvalue weighted by Crippen LogP contribution is 2.22. The van der Waals surface area contributed by atoms with Crippen LogP contribution >= 0.6 is 11.3 Å². The second kappa shape index (κ2) is 8.70. The minimum atomic E-state index is -0.490. The van der Waals surface area contributed by atoms with E-state index < -0.39 is 12.1 Å². The fourth-order valence-corrected chi connectivity index (χ4v) is 3.57. The lowest BCUT2D eigenvalue weighted by Crippen LogP contribution is -2.34. The Labute approximate surface area is 157 Å². The molecular formula is C19H22N4O2S. The van der Waals surface area contributed by atoms with Crippen molar-refractivity contribution >= 4 is 28.9 Å². The van der Waals surface area contributed by atoms with Crippen LogP contribution in [0.3, 0.4) is 0 Å². The lowest BCUT2D eigenvalue weighted by atomic mass is 10.1. The average molecular weight is 370 g/mol. The van der Waals surface area contributed by atoms with Gasteiger partial charge in [0.25, 0.3) is 0 Å². The van der Waals surface area contributed by atoms with Crippen LogP contribution in [0.4, 0.5) is 16.3 Å². The van der Waals surface area contributed by atoms with Gasteiger partial charge in [-0.2, -0.15) is 0 Å². The van der Waals surface area contributed by atoms with Crippen LogP contribution in [-0.4, -0.2) is 35.8 Å². The number of carbonyl (C=O) groups excluding carboxylic acids is 1. The zero-order valence-electron chi connectivity index (χ0n) is 14.4. The maximum absolute atomic E-state index is 12.1. The lowest BCUT2D eigenvalue weighted by Gasteiger charge is -2.29. The number of urea groups is 1. The summed E-state index contributed by atoms with van der Waals surface area (Å²) in [6.45, 7) is 1.97. The molecule has 1 aliphatic rings. The maximum atomic E-state index is 12.1. The van der Waals surface area contributed by atoms with E-state index in [1.807, 2.05) is 24.3 Å². The van der Waals surface area contributed by atoms with Crippen molar-refractivity contribution in [1.82, 2.24) is 10.3 Å². The van der Waals surface area contributed by atoms with E-state index in [0.29, 0.717) is 10.8 Å². The van der Waals surface area contributed by atoms with Crippen LogP contribution in [0.2, 0.25) is 0 Å². The molecule has 1 aromatic heterocycles. The molecule has 0 aliphatic carbocycles. The molecule has 1 fully saturated rings. The van der Waals surface area contributed by atoms with Crippen LogP contribution in [0.25, 0.3) is 0 Å². The Hall–Kier alpha value is -2.56. The van der Waals surface area contributed by atoms with Gasteiger partial charge in [0.15, 0.2) is 5.01 Å². The number of carbonyl (C=O) groups is 1. The molecule has 6 nitrogen and oxygen atoms in total. The summed E-state index contributed by atoms with van der Waals surface area (Å²) in [7, 11) is 0. The maximum Gasteiger partial charge on any atom is 0.320 e. The van der Waals surface area contributed by atoms with Crippen molar-refractivity contribution in [3.05, 3.63) is 40.2 Å². The highest BCUT2D eigenvalue weighted by atomic mass is 32.1. The van der Waals surface area contributed by atoms with Crippen molar-refractivity contribution in [2.24, 2.45) is 0 Å². The summed E-state index contributed by atoms with van der Waals surface area (Å²) < 4.78 is 0. The number of amides is 2. The SMILES string of the molecule is C#Cc1nc(NC(=O)NC(CO)c2ccc(N3CCCCC3)cc2)cs1. The van der Waals surface area contributed by atoms with E-state index in [9.17, 15) is 9.90 Å². The summed E-state index contributed by atoms with van der Waals surface area (Å²) in [6.07, 6.45) is 9.01. The largest absolute Gasteiger partial charge is 0.394 e. The Kier molecular flexibility index (Phi) is 6.10. The summed E-state index contributed by atoms with van der Waals surface area (Å²) in [6, 6.07) is 7.06. The standard InChI is InChI=1S/C19H22N4O2S/c1-2-18-21-17(13-26-18)22-19(25)20-16(12-24)14-6-8-15(9-7-14)23-10-4-3-5-11-23/h1,6-9,13,16,24H,3-5,10-12H2,(H2,20,22,25). The third-order valence-corrected chi connectivity index (χ3v) is 5.15. The average Bonchev–Trinajstić information content (AvgIpc) is 3.14. The summed E-state index contributed by atoms with van der Waals surface area (Å²) in [4.78, 5) is 18.6. The quantitative estimate of drug-likeness (QED) is 0.707. The molecule has 1 unspecified atom stereocenters. The van der Waals surface area contributed by atoms with Gasteiger partial charge in [-0.05, 0) is 42.9 Å². The van der Waals surface area contributed by atoms with Crippen LogP contribution in [0.5, 0.6) is 0 Å². The predicted octanol–water partition coefficient (Wildman–Crippen LogP) is 2.97. The van der Waals surface area contributed by atoms with Gasteiger partial charge < -0.3 is 15.3 Å². The fraction of sp³-hybridized carbons (Fsp3) is 0.368. The lowest BCUT2D eigenvalue weighted by molar-refractivity contribution is 0.225. The molecule has 1 aromatic carbocycles. The molecule has 7 heteroatoms. The molecule has 0 bridgehead atoms. The first-order valence-corrected chi connectivity index (χ1v) is 9.53. The zero-order chi connectivity index (χ0) is 18.4. The molecule has 2 heterocycles. The van der Waals surface area contributed by atoms with Crippen molar-refractivity contribution < 1.29 is 9.90 Å². The van der Waals surface area contributed by atoms with Crippen molar-refractivity contribution in [3.63, 3.8) is 0 Å². The monoisotopic (exact) mass is 370 g/mol. The van der Waals surface area contributed by atoms with Gasteiger partial charge in [-0.3, -0.25) is 5.32 Å². The van der Waals surface area contributed by atoms with Crippen molar-refractivity contribution in [1.29, 1.82) is 0 Å². The van der Waals surface area contributed by atoms with Crippen LogP contribution in [0, 0.1) is 12.3 Å². The topological polar surface area (TPSA) is 77.5 Å². The third-order valence-electron chi connectivity index (χ3n) is 4.37. The zero-order valence-corrected chi connectivity index (χ0v) is 15.3. The number of nitrogens with zero attached hydrogens (tertiary/aromatic N) is 2. The first-order valence-electron chi connectivity index (χ1n) is 8.65. The number of rotatable bonds is 5. The van der Waals surface area contributed by atoms with Gasteiger partial charge in [-0.25, -0.2) is 9.78 Å². The molecule has 26 heavy (non-hydrogen) atoms. The van der Waals surface area contributed by atoms with Crippen LogP contribution in [0.15, 0.2) is 29.6 Å². The second-order valence-electron chi connectivity index (χ2n) is 6.16. The number of benzene rings is 1. The highest BCUT2D eigenvalue weighted by Gasteiger charge is 2.16. The Morgan fingerprint density at radius 3 is 2.65 bits per heavy atom. The van der Waals surface area contributed by atoms with Crippen LogP contribution in [-0.2, 0) is 0 Å². The van der Waals surface area contributed by atoms with Crippen LogP contribution in [0.1, 0.15) is 35.9 Å². The molecule has 136 valence electrons. The number of aromatic nitrogens is 1. The molecule has 2 aromatic rings. The van der Waals surface area contributed by atoms with Gasteiger partial charge in [0.2, 0.25) is 0 Å². The molecule has 1 saturated heterocycles. The van der Waals surface area contributed by atoms with E-state index in [-0.39, 0.29) is 6.61 Å². The third kappa shape index (κ3) is 4.54. The number of piperidine rings is 1. The number of thiazole rings is 1. The van der Waals surface area contributed by atoms with E-state index >= 15 is 0 Å². The minimum Gasteiger partial charge on any atom is -0.394 e. The van der Waals surface area contributed by atoms with Gasteiger partial charge >= 0.3 is 6.03 Å². The van der Waals surface area contributed by atoms with Gasteiger partial charge in [0, 0.05) is 24.2 Å². The van der Waals surface area contributed by atoms with E-state index in [1.54, 1.807) is 5.38 Å². The number of hydrogen-bond donors (Lipinski definition) is 3. The molecule has 3 N–H and O–H groups in total. The Balaban J connectivity index is 1.60. The number of aliphatic hydroxyl groups excluding tert-OH is 1. The van der Waals surface area contributed by atoms with E-state index in [1.165, 1.54) is 36.3 Å². The Bertz CT molecular complexity index is 776. The number of anilines is 2. The number of terminal acetylenes is 1. The van der Waals surface area contributed by atoms with Gasteiger partial charge in [0.1, 0.15) is 5.82 Å². The van der Waals surface area contributed by atoms with Gasteiger partial charge in [0.05, 0.1) is 12.6 Å². The number of aliphatic hydroxyl groups is 1. The summed E-state index contributed by atoms with van der Waals surface area (Å²) in [5, 5.41) is 17.2. The normalized spacial score (nSPS) is 15.2. The predicted molar refractivity (Wildman–Crippen MR) is 105 cm³/mol. The molecule has 0 spiro atoms. The first-order chi connectivity index (χ1) is 12.7. The molecular weight excluding hydrogens is 348 g/mol. The Morgan fingerprint density at radius 2 is 2.04 bits per heavy atom. The Morgan fingerprint density at radius 1 is 1.31 bits per heavy atom.